The molecule has 0 unspecified atom stereocenters. The second-order valence-corrected chi connectivity index (χ2v) is 9.06. The Morgan fingerprint density at radius 1 is 1.21 bits per heavy atom. The Balaban J connectivity index is 2.75. The Labute approximate surface area is 85.6 Å². The van der Waals surface area contributed by atoms with Crippen LogP contribution < -0.4 is 5.19 Å². The van der Waals surface area contributed by atoms with Crippen molar-refractivity contribution in [3.05, 3.63) is 30.1 Å². The van der Waals surface area contributed by atoms with Gasteiger partial charge in [-0.15, -0.1) is 0 Å². The second-order valence-electron chi connectivity index (χ2n) is 4.22. The fourth-order valence-corrected chi connectivity index (χ4v) is 3.97. The highest BCUT2D eigenvalue weighted by Crippen LogP contribution is 2.12. The summed E-state index contributed by atoms with van der Waals surface area (Å²) >= 11 is 0. The van der Waals surface area contributed by atoms with Crippen molar-refractivity contribution in [3.8, 4) is 0 Å². The molecule has 0 aliphatic heterocycles. The first-order valence-electron chi connectivity index (χ1n) is 4.93. The minimum Gasteiger partial charge on any atom is -0.396 e. The van der Waals surface area contributed by atoms with Crippen LogP contribution in [0.4, 0.5) is 4.39 Å². The molecule has 0 bridgehead atoms. The lowest BCUT2D eigenvalue weighted by Gasteiger charge is -2.22. The van der Waals surface area contributed by atoms with Crippen molar-refractivity contribution in [1.82, 2.24) is 0 Å². The highest BCUT2D eigenvalue weighted by molar-refractivity contribution is 6.89. The number of hydrogen-bond acceptors (Lipinski definition) is 1. The van der Waals surface area contributed by atoms with Crippen LogP contribution in [-0.2, 0) is 0 Å². The number of aliphatic hydroxyl groups is 1. The normalized spacial score (nSPS) is 11.7. The fourth-order valence-electron chi connectivity index (χ4n) is 1.57. The zero-order chi connectivity index (χ0) is 10.6. The number of aliphatic hydroxyl groups excluding tert-OH is 1. The average Bonchev–Trinajstić information content (AvgIpc) is 2.16. The van der Waals surface area contributed by atoms with Gasteiger partial charge >= 0.3 is 0 Å². The number of hydrogen-bond donors (Lipinski definition) is 1. The van der Waals surface area contributed by atoms with E-state index < -0.39 is 8.07 Å². The van der Waals surface area contributed by atoms with Crippen LogP contribution in [0.15, 0.2) is 24.3 Å². The third-order valence-corrected chi connectivity index (χ3v) is 6.09. The van der Waals surface area contributed by atoms with Crippen molar-refractivity contribution in [1.29, 1.82) is 0 Å². The standard InChI is InChI=1S/C11H17FOSi/c1-14(2,9-3-8-13)11-6-4-10(12)5-7-11/h4-7,13H,3,8-9H2,1-2H3. The van der Waals surface area contributed by atoms with Gasteiger partial charge in [-0.25, -0.2) is 4.39 Å². The van der Waals surface area contributed by atoms with Gasteiger partial charge in [-0.2, -0.15) is 0 Å². The highest BCUT2D eigenvalue weighted by Gasteiger charge is 2.22. The van der Waals surface area contributed by atoms with Crippen molar-refractivity contribution in [2.45, 2.75) is 25.6 Å². The zero-order valence-corrected chi connectivity index (χ0v) is 9.76. The SMILES string of the molecule is C[Si](C)(CCCO)c1ccc(F)cc1. The first-order chi connectivity index (χ1) is 6.56. The van der Waals surface area contributed by atoms with E-state index in [-0.39, 0.29) is 12.4 Å². The summed E-state index contributed by atoms with van der Waals surface area (Å²) < 4.78 is 12.7. The molecule has 0 aliphatic rings. The molecule has 0 radical (unpaired) electrons. The first kappa shape index (κ1) is 11.4. The van der Waals surface area contributed by atoms with Crippen LogP contribution in [0.5, 0.6) is 0 Å². The van der Waals surface area contributed by atoms with Gasteiger partial charge in [0.25, 0.3) is 0 Å². The third kappa shape index (κ3) is 2.92. The van der Waals surface area contributed by atoms with Crippen LogP contribution in [0.1, 0.15) is 6.42 Å². The van der Waals surface area contributed by atoms with Crippen LogP contribution in [0.25, 0.3) is 0 Å². The summed E-state index contributed by atoms with van der Waals surface area (Å²) in [6.07, 6.45) is 0.844. The Bertz CT molecular complexity index is 282. The van der Waals surface area contributed by atoms with E-state index in [1.807, 2.05) is 12.1 Å². The van der Waals surface area contributed by atoms with Crippen molar-refractivity contribution in [3.63, 3.8) is 0 Å². The predicted octanol–water partition coefficient (Wildman–Crippen LogP) is 2.12. The lowest BCUT2D eigenvalue weighted by atomic mass is 10.3. The number of halogens is 1. The Hall–Kier alpha value is -0.673. The van der Waals surface area contributed by atoms with E-state index >= 15 is 0 Å². The van der Waals surface area contributed by atoms with E-state index in [4.69, 9.17) is 5.11 Å². The van der Waals surface area contributed by atoms with E-state index in [9.17, 15) is 4.39 Å². The molecule has 0 atom stereocenters. The van der Waals surface area contributed by atoms with Crippen LogP contribution in [-0.4, -0.2) is 19.8 Å². The summed E-state index contributed by atoms with van der Waals surface area (Å²) in [5, 5.41) is 10.0. The van der Waals surface area contributed by atoms with Gasteiger partial charge in [-0.3, -0.25) is 0 Å². The van der Waals surface area contributed by atoms with Gasteiger partial charge in [0.15, 0.2) is 0 Å². The van der Waals surface area contributed by atoms with E-state index in [0.717, 1.165) is 12.5 Å². The van der Waals surface area contributed by atoms with Crippen molar-refractivity contribution >= 4 is 13.3 Å². The van der Waals surface area contributed by atoms with Crippen molar-refractivity contribution < 1.29 is 9.50 Å². The Morgan fingerprint density at radius 3 is 2.29 bits per heavy atom. The quantitative estimate of drug-likeness (QED) is 0.758. The summed E-state index contributed by atoms with van der Waals surface area (Å²) in [5.41, 5.74) is 0. The Kier molecular flexibility index (Phi) is 3.83. The van der Waals surface area contributed by atoms with Crippen LogP contribution in [0, 0.1) is 5.82 Å². The van der Waals surface area contributed by atoms with Gasteiger partial charge in [0.1, 0.15) is 5.82 Å². The van der Waals surface area contributed by atoms with Gasteiger partial charge in [0, 0.05) is 6.61 Å². The molecule has 1 N–H and O–H groups in total. The molecule has 1 rings (SSSR count). The van der Waals surface area contributed by atoms with Gasteiger partial charge < -0.3 is 5.11 Å². The van der Waals surface area contributed by atoms with E-state index in [1.165, 1.54) is 17.3 Å². The molecule has 1 nitrogen and oxygen atoms in total. The molecule has 0 spiro atoms. The van der Waals surface area contributed by atoms with E-state index in [1.54, 1.807) is 0 Å². The monoisotopic (exact) mass is 212 g/mol. The van der Waals surface area contributed by atoms with Crippen LogP contribution in [0.3, 0.4) is 0 Å². The molecule has 0 saturated heterocycles. The topological polar surface area (TPSA) is 20.2 Å². The maximum atomic E-state index is 12.7. The summed E-state index contributed by atoms with van der Waals surface area (Å²) in [5.74, 6) is -0.180. The molecule has 0 aromatic heterocycles. The van der Waals surface area contributed by atoms with Crippen molar-refractivity contribution in [2.75, 3.05) is 6.61 Å². The lowest BCUT2D eigenvalue weighted by Crippen LogP contribution is -2.41. The third-order valence-electron chi connectivity index (χ3n) is 2.59. The molecule has 0 heterocycles. The summed E-state index contributed by atoms with van der Waals surface area (Å²) in [6.45, 7) is 4.74. The molecule has 14 heavy (non-hydrogen) atoms. The van der Waals surface area contributed by atoms with Gasteiger partial charge in [0.05, 0.1) is 8.07 Å². The Morgan fingerprint density at radius 2 is 1.79 bits per heavy atom. The molecule has 3 heteroatoms. The minimum atomic E-state index is -1.45. The molecule has 1 aromatic rings. The van der Waals surface area contributed by atoms with Crippen molar-refractivity contribution in [2.24, 2.45) is 0 Å². The molecular formula is C11H17FOSi. The first-order valence-corrected chi connectivity index (χ1v) is 8.14. The molecule has 78 valence electrons. The maximum absolute atomic E-state index is 12.7. The summed E-state index contributed by atoms with van der Waals surface area (Å²) in [7, 11) is -1.45. The van der Waals surface area contributed by atoms with Gasteiger partial charge in [-0.1, -0.05) is 36.5 Å². The number of rotatable bonds is 4. The molecule has 1 aromatic carbocycles. The van der Waals surface area contributed by atoms with Crippen LogP contribution >= 0.6 is 0 Å². The molecule has 0 saturated carbocycles. The fraction of sp³-hybridized carbons (Fsp3) is 0.455. The average molecular weight is 212 g/mol. The van der Waals surface area contributed by atoms with E-state index in [0.29, 0.717) is 0 Å². The molecule has 0 amide bonds. The smallest absolute Gasteiger partial charge is 0.123 e. The highest BCUT2D eigenvalue weighted by atomic mass is 28.3. The minimum absolute atomic E-state index is 0.180. The largest absolute Gasteiger partial charge is 0.396 e. The second kappa shape index (κ2) is 4.71. The zero-order valence-electron chi connectivity index (χ0n) is 8.76. The van der Waals surface area contributed by atoms with E-state index in [2.05, 4.69) is 13.1 Å². The predicted molar refractivity (Wildman–Crippen MR) is 60.0 cm³/mol. The molecular weight excluding hydrogens is 195 g/mol. The molecule has 0 fully saturated rings. The van der Waals surface area contributed by atoms with Gasteiger partial charge in [0.2, 0.25) is 0 Å². The summed E-state index contributed by atoms with van der Waals surface area (Å²) in [6, 6.07) is 7.83. The lowest BCUT2D eigenvalue weighted by molar-refractivity contribution is 0.294. The summed E-state index contributed by atoms with van der Waals surface area (Å²) in [4.78, 5) is 0. The maximum Gasteiger partial charge on any atom is 0.123 e. The van der Waals surface area contributed by atoms with Gasteiger partial charge in [-0.05, 0) is 18.6 Å². The molecule has 0 aliphatic carbocycles. The number of benzene rings is 1. The van der Waals surface area contributed by atoms with Crippen LogP contribution in [0.2, 0.25) is 19.1 Å².